The zero-order chi connectivity index (χ0) is 11.3. The van der Waals surface area contributed by atoms with Crippen molar-refractivity contribution in [3.63, 3.8) is 0 Å². The summed E-state index contributed by atoms with van der Waals surface area (Å²) >= 11 is 0. The van der Waals surface area contributed by atoms with Crippen LogP contribution in [-0.4, -0.2) is 0 Å². The summed E-state index contributed by atoms with van der Waals surface area (Å²) in [5.41, 5.74) is 0.446. The zero-order valence-corrected chi connectivity index (χ0v) is 8.73. The standard InChI is InChI=1S/C12H13F3/c1-11(2)7-10(11)8-4-3-5-9(6-8)12(13,14)15/h3-6,10H,7H2,1-2H3. The van der Waals surface area contributed by atoms with E-state index in [-0.39, 0.29) is 5.41 Å². The average Bonchev–Trinajstić information content (AvgIpc) is 2.74. The molecule has 0 aromatic heterocycles. The van der Waals surface area contributed by atoms with E-state index >= 15 is 0 Å². The Morgan fingerprint density at radius 1 is 1.27 bits per heavy atom. The topological polar surface area (TPSA) is 0 Å². The molecule has 1 unspecified atom stereocenters. The molecule has 1 fully saturated rings. The highest BCUT2D eigenvalue weighted by molar-refractivity contribution is 5.33. The maximum absolute atomic E-state index is 12.4. The number of hydrogen-bond donors (Lipinski definition) is 0. The van der Waals surface area contributed by atoms with Gasteiger partial charge in [0, 0.05) is 0 Å². The van der Waals surface area contributed by atoms with Gasteiger partial charge in [-0.1, -0.05) is 32.0 Å². The first-order valence-electron chi connectivity index (χ1n) is 4.98. The van der Waals surface area contributed by atoms with Gasteiger partial charge >= 0.3 is 6.18 Å². The first-order chi connectivity index (χ1) is 6.81. The lowest BCUT2D eigenvalue weighted by atomic mass is 10.0. The van der Waals surface area contributed by atoms with Crippen LogP contribution in [0.2, 0.25) is 0 Å². The van der Waals surface area contributed by atoms with Gasteiger partial charge < -0.3 is 0 Å². The fourth-order valence-corrected chi connectivity index (χ4v) is 1.97. The molecule has 1 aliphatic rings. The van der Waals surface area contributed by atoms with Crippen LogP contribution in [0, 0.1) is 5.41 Å². The second-order valence-electron chi connectivity index (χ2n) is 4.87. The van der Waals surface area contributed by atoms with Crippen molar-refractivity contribution in [2.75, 3.05) is 0 Å². The minimum Gasteiger partial charge on any atom is -0.166 e. The fourth-order valence-electron chi connectivity index (χ4n) is 1.97. The molecule has 0 bridgehead atoms. The van der Waals surface area contributed by atoms with Gasteiger partial charge in [0.15, 0.2) is 0 Å². The highest BCUT2D eigenvalue weighted by atomic mass is 19.4. The molecule has 82 valence electrons. The van der Waals surface area contributed by atoms with Crippen molar-refractivity contribution in [2.24, 2.45) is 5.41 Å². The minimum absolute atomic E-state index is 0.171. The van der Waals surface area contributed by atoms with E-state index in [2.05, 4.69) is 13.8 Å². The lowest BCUT2D eigenvalue weighted by molar-refractivity contribution is -0.137. The molecular formula is C12H13F3. The van der Waals surface area contributed by atoms with Crippen molar-refractivity contribution in [3.05, 3.63) is 35.4 Å². The second kappa shape index (κ2) is 3.00. The van der Waals surface area contributed by atoms with E-state index in [9.17, 15) is 13.2 Å². The Bertz CT molecular complexity index is 377. The molecule has 1 aliphatic carbocycles. The third-order valence-electron chi connectivity index (χ3n) is 3.13. The highest BCUT2D eigenvalue weighted by Crippen LogP contribution is 2.58. The molecule has 15 heavy (non-hydrogen) atoms. The van der Waals surface area contributed by atoms with Gasteiger partial charge in [0.25, 0.3) is 0 Å². The third-order valence-corrected chi connectivity index (χ3v) is 3.13. The van der Waals surface area contributed by atoms with Crippen molar-refractivity contribution in [1.82, 2.24) is 0 Å². The molecule has 1 saturated carbocycles. The van der Waals surface area contributed by atoms with Crippen LogP contribution < -0.4 is 0 Å². The van der Waals surface area contributed by atoms with Crippen molar-refractivity contribution < 1.29 is 13.2 Å². The summed E-state index contributed by atoms with van der Waals surface area (Å²) in [5, 5.41) is 0. The van der Waals surface area contributed by atoms with E-state index in [1.165, 1.54) is 12.1 Å². The number of alkyl halides is 3. The lowest BCUT2D eigenvalue weighted by Gasteiger charge is -2.09. The van der Waals surface area contributed by atoms with Crippen LogP contribution in [0.25, 0.3) is 0 Å². The number of halogens is 3. The number of benzene rings is 1. The van der Waals surface area contributed by atoms with Gasteiger partial charge in [0.2, 0.25) is 0 Å². The monoisotopic (exact) mass is 214 g/mol. The number of rotatable bonds is 1. The maximum Gasteiger partial charge on any atom is 0.416 e. The summed E-state index contributed by atoms with van der Waals surface area (Å²) in [7, 11) is 0. The Labute approximate surface area is 87.1 Å². The van der Waals surface area contributed by atoms with Crippen molar-refractivity contribution >= 4 is 0 Å². The zero-order valence-electron chi connectivity index (χ0n) is 8.73. The van der Waals surface area contributed by atoms with E-state index in [4.69, 9.17) is 0 Å². The first-order valence-corrected chi connectivity index (χ1v) is 4.98. The summed E-state index contributed by atoms with van der Waals surface area (Å²) in [4.78, 5) is 0. The minimum atomic E-state index is -4.23. The summed E-state index contributed by atoms with van der Waals surface area (Å²) in [5.74, 6) is 0.291. The summed E-state index contributed by atoms with van der Waals surface area (Å²) in [6, 6.07) is 5.68. The average molecular weight is 214 g/mol. The van der Waals surface area contributed by atoms with Crippen LogP contribution in [0.5, 0.6) is 0 Å². The molecule has 0 heterocycles. The Morgan fingerprint density at radius 2 is 1.87 bits per heavy atom. The lowest BCUT2D eigenvalue weighted by Crippen LogP contribution is -2.05. The molecule has 0 N–H and O–H groups in total. The smallest absolute Gasteiger partial charge is 0.166 e. The van der Waals surface area contributed by atoms with Gasteiger partial charge in [-0.3, -0.25) is 0 Å². The Balaban J connectivity index is 2.29. The highest BCUT2D eigenvalue weighted by Gasteiger charge is 2.46. The molecule has 1 aromatic carbocycles. The second-order valence-corrected chi connectivity index (χ2v) is 4.87. The van der Waals surface area contributed by atoms with Crippen molar-refractivity contribution in [2.45, 2.75) is 32.4 Å². The van der Waals surface area contributed by atoms with Gasteiger partial charge in [-0.15, -0.1) is 0 Å². The summed E-state index contributed by atoms with van der Waals surface area (Å²) in [6.45, 7) is 4.16. The maximum atomic E-state index is 12.4. The van der Waals surface area contributed by atoms with Crippen LogP contribution in [0.3, 0.4) is 0 Å². The van der Waals surface area contributed by atoms with E-state index in [0.29, 0.717) is 5.92 Å². The molecule has 0 aliphatic heterocycles. The van der Waals surface area contributed by atoms with E-state index in [1.807, 2.05) is 0 Å². The summed E-state index contributed by atoms with van der Waals surface area (Å²) in [6.07, 6.45) is -3.25. The molecule has 0 radical (unpaired) electrons. The van der Waals surface area contributed by atoms with Gasteiger partial charge in [0.05, 0.1) is 5.56 Å². The molecule has 0 amide bonds. The van der Waals surface area contributed by atoms with Gasteiger partial charge in [0.1, 0.15) is 0 Å². The molecule has 2 rings (SSSR count). The van der Waals surface area contributed by atoms with Gasteiger partial charge in [-0.25, -0.2) is 0 Å². The van der Waals surface area contributed by atoms with E-state index < -0.39 is 11.7 Å². The Hall–Kier alpha value is -0.990. The molecule has 0 spiro atoms. The summed E-state index contributed by atoms with van der Waals surface area (Å²) < 4.78 is 37.3. The molecule has 0 nitrogen and oxygen atoms in total. The van der Waals surface area contributed by atoms with Crippen molar-refractivity contribution in [1.29, 1.82) is 0 Å². The molecular weight excluding hydrogens is 201 g/mol. The predicted molar refractivity (Wildman–Crippen MR) is 52.6 cm³/mol. The van der Waals surface area contributed by atoms with E-state index in [1.54, 1.807) is 6.07 Å². The Morgan fingerprint density at radius 3 is 2.33 bits per heavy atom. The quantitative estimate of drug-likeness (QED) is 0.656. The molecule has 0 saturated heterocycles. The predicted octanol–water partition coefficient (Wildman–Crippen LogP) is 4.22. The fraction of sp³-hybridized carbons (Fsp3) is 0.500. The SMILES string of the molecule is CC1(C)CC1c1cccc(C(F)(F)F)c1. The van der Waals surface area contributed by atoms with Crippen LogP contribution in [0.15, 0.2) is 24.3 Å². The Kier molecular flexibility index (Phi) is 2.11. The van der Waals surface area contributed by atoms with E-state index in [0.717, 1.165) is 18.1 Å². The van der Waals surface area contributed by atoms with Crippen LogP contribution in [0.4, 0.5) is 13.2 Å². The number of hydrogen-bond acceptors (Lipinski definition) is 0. The van der Waals surface area contributed by atoms with Crippen LogP contribution in [-0.2, 0) is 6.18 Å². The first kappa shape index (κ1) is 10.5. The van der Waals surface area contributed by atoms with Crippen LogP contribution >= 0.6 is 0 Å². The van der Waals surface area contributed by atoms with Gasteiger partial charge in [-0.2, -0.15) is 13.2 Å². The molecule has 1 aromatic rings. The molecule has 1 atom stereocenters. The third kappa shape index (κ3) is 2.01. The largest absolute Gasteiger partial charge is 0.416 e. The van der Waals surface area contributed by atoms with Gasteiger partial charge in [-0.05, 0) is 29.4 Å². The molecule has 3 heteroatoms. The van der Waals surface area contributed by atoms with Crippen LogP contribution in [0.1, 0.15) is 37.3 Å². The normalized spacial score (nSPS) is 23.9. The van der Waals surface area contributed by atoms with Crippen molar-refractivity contribution in [3.8, 4) is 0 Å².